The van der Waals surface area contributed by atoms with Gasteiger partial charge < -0.3 is 14.4 Å². The molecule has 6 heteroatoms. The summed E-state index contributed by atoms with van der Waals surface area (Å²) in [5.41, 5.74) is 0.345. The van der Waals surface area contributed by atoms with E-state index in [0.717, 1.165) is 31.8 Å². The van der Waals surface area contributed by atoms with E-state index in [1.54, 1.807) is 14.1 Å². The Bertz CT molecular complexity index is 542. The standard InChI is InChI=1S/C15H23FN4O/c1-11-17-9-14(15(21)13(16)10-18(2)3)20(11)12-5-7-19(4)8-6-12/h9-10,12H,5-8H2,1-4H3/b13-10+. The third-order valence-electron chi connectivity index (χ3n) is 3.86. The Morgan fingerprint density at radius 2 is 2.05 bits per heavy atom. The lowest BCUT2D eigenvalue weighted by Crippen LogP contribution is -2.32. The topological polar surface area (TPSA) is 41.4 Å². The number of halogens is 1. The SMILES string of the molecule is Cc1ncc(C(=O)/C(F)=C\N(C)C)n1C1CCN(C)CC1. The van der Waals surface area contributed by atoms with Gasteiger partial charge in [0.2, 0.25) is 5.78 Å². The molecule has 0 spiro atoms. The van der Waals surface area contributed by atoms with Crippen LogP contribution in [-0.4, -0.2) is 59.4 Å². The number of Topliss-reactive ketones (excluding diaryl/α,β-unsaturated/α-hetero) is 1. The molecule has 0 saturated carbocycles. The fourth-order valence-electron chi connectivity index (χ4n) is 2.74. The molecule has 1 aromatic rings. The molecule has 0 radical (unpaired) electrons. The molecule has 21 heavy (non-hydrogen) atoms. The number of carbonyl (C=O) groups excluding carboxylic acids is 1. The minimum absolute atomic E-state index is 0.217. The van der Waals surface area contributed by atoms with Gasteiger partial charge in [0.25, 0.3) is 0 Å². The number of imidazole rings is 1. The Labute approximate surface area is 125 Å². The molecule has 5 nitrogen and oxygen atoms in total. The van der Waals surface area contributed by atoms with Crippen LogP contribution in [0.15, 0.2) is 18.2 Å². The van der Waals surface area contributed by atoms with Crippen LogP contribution in [0.4, 0.5) is 4.39 Å². The Morgan fingerprint density at radius 1 is 1.43 bits per heavy atom. The van der Waals surface area contributed by atoms with Gasteiger partial charge in [0, 0.05) is 26.3 Å². The summed E-state index contributed by atoms with van der Waals surface area (Å²) in [5.74, 6) is -0.581. The van der Waals surface area contributed by atoms with Crippen LogP contribution in [0.1, 0.15) is 35.2 Å². The lowest BCUT2D eigenvalue weighted by atomic mass is 10.0. The monoisotopic (exact) mass is 294 g/mol. The van der Waals surface area contributed by atoms with E-state index in [2.05, 4.69) is 16.9 Å². The number of nitrogens with zero attached hydrogens (tertiary/aromatic N) is 4. The molecular weight excluding hydrogens is 271 g/mol. The van der Waals surface area contributed by atoms with Crippen molar-refractivity contribution in [1.29, 1.82) is 0 Å². The van der Waals surface area contributed by atoms with Gasteiger partial charge in [-0.15, -0.1) is 0 Å². The number of carbonyl (C=O) groups is 1. The molecule has 0 aromatic carbocycles. The van der Waals surface area contributed by atoms with Crippen LogP contribution in [0.3, 0.4) is 0 Å². The second kappa shape index (κ2) is 6.39. The van der Waals surface area contributed by atoms with Gasteiger partial charge in [-0.05, 0) is 39.9 Å². The van der Waals surface area contributed by atoms with Crippen molar-refractivity contribution in [1.82, 2.24) is 19.4 Å². The number of allylic oxidation sites excluding steroid dienone is 1. The summed E-state index contributed by atoms with van der Waals surface area (Å²) in [6, 6.07) is 0.217. The smallest absolute Gasteiger partial charge is 0.240 e. The van der Waals surface area contributed by atoms with Gasteiger partial charge in [-0.3, -0.25) is 4.79 Å². The van der Waals surface area contributed by atoms with E-state index in [-0.39, 0.29) is 6.04 Å². The minimum atomic E-state index is -0.755. The van der Waals surface area contributed by atoms with Crippen LogP contribution in [0.25, 0.3) is 0 Å². The van der Waals surface area contributed by atoms with Crippen molar-refractivity contribution in [2.24, 2.45) is 0 Å². The van der Waals surface area contributed by atoms with E-state index in [1.807, 2.05) is 11.5 Å². The van der Waals surface area contributed by atoms with E-state index in [0.29, 0.717) is 5.69 Å². The van der Waals surface area contributed by atoms with Gasteiger partial charge in [0.05, 0.1) is 6.20 Å². The zero-order valence-corrected chi connectivity index (χ0v) is 13.1. The van der Waals surface area contributed by atoms with Crippen LogP contribution in [0, 0.1) is 6.92 Å². The number of ketones is 1. The largest absolute Gasteiger partial charge is 0.381 e. The molecule has 0 bridgehead atoms. The zero-order chi connectivity index (χ0) is 15.6. The van der Waals surface area contributed by atoms with Gasteiger partial charge >= 0.3 is 0 Å². The Balaban J connectivity index is 2.28. The number of aryl methyl sites for hydroxylation is 1. The molecule has 0 N–H and O–H groups in total. The van der Waals surface area contributed by atoms with Crippen molar-refractivity contribution in [2.75, 3.05) is 34.2 Å². The summed E-state index contributed by atoms with van der Waals surface area (Å²) >= 11 is 0. The maximum Gasteiger partial charge on any atom is 0.240 e. The summed E-state index contributed by atoms with van der Waals surface area (Å²) < 4.78 is 15.9. The normalized spacial score (nSPS) is 18.0. The number of hydrogen-bond acceptors (Lipinski definition) is 4. The third kappa shape index (κ3) is 3.50. The number of hydrogen-bond donors (Lipinski definition) is 0. The molecule has 1 saturated heterocycles. The molecule has 0 atom stereocenters. The second-order valence-corrected chi connectivity index (χ2v) is 5.86. The molecular formula is C15H23FN4O. The average Bonchev–Trinajstić information content (AvgIpc) is 2.80. The van der Waals surface area contributed by atoms with Crippen molar-refractivity contribution in [3.8, 4) is 0 Å². The lowest BCUT2D eigenvalue weighted by molar-refractivity contribution is 0.0987. The average molecular weight is 294 g/mol. The maximum atomic E-state index is 14.0. The first kappa shape index (κ1) is 15.7. The van der Waals surface area contributed by atoms with Gasteiger partial charge in [0.15, 0.2) is 5.83 Å². The van der Waals surface area contributed by atoms with Crippen LogP contribution in [0.2, 0.25) is 0 Å². The quantitative estimate of drug-likeness (QED) is 0.629. The molecule has 2 rings (SSSR count). The van der Waals surface area contributed by atoms with Gasteiger partial charge in [-0.1, -0.05) is 0 Å². The summed E-state index contributed by atoms with van der Waals surface area (Å²) in [5, 5.41) is 0. The van der Waals surface area contributed by atoms with Gasteiger partial charge in [-0.25, -0.2) is 9.37 Å². The Kier molecular flexibility index (Phi) is 4.77. The zero-order valence-electron chi connectivity index (χ0n) is 13.1. The highest BCUT2D eigenvalue weighted by Gasteiger charge is 2.26. The van der Waals surface area contributed by atoms with Crippen molar-refractivity contribution in [3.63, 3.8) is 0 Å². The highest BCUT2D eigenvalue weighted by Crippen LogP contribution is 2.26. The van der Waals surface area contributed by atoms with Crippen LogP contribution < -0.4 is 0 Å². The molecule has 0 aliphatic carbocycles. The molecule has 1 fully saturated rings. The van der Waals surface area contributed by atoms with E-state index >= 15 is 0 Å². The molecule has 0 amide bonds. The molecule has 2 heterocycles. The fourth-order valence-corrected chi connectivity index (χ4v) is 2.74. The van der Waals surface area contributed by atoms with Gasteiger partial charge in [-0.2, -0.15) is 0 Å². The predicted octanol–water partition coefficient (Wildman–Crippen LogP) is 2.01. The van der Waals surface area contributed by atoms with Crippen LogP contribution in [0.5, 0.6) is 0 Å². The summed E-state index contributed by atoms with van der Waals surface area (Å²) in [7, 11) is 5.46. The highest BCUT2D eigenvalue weighted by atomic mass is 19.1. The lowest BCUT2D eigenvalue weighted by Gasteiger charge is -2.31. The molecule has 116 valence electrons. The van der Waals surface area contributed by atoms with E-state index < -0.39 is 11.6 Å². The number of piperidine rings is 1. The first-order chi connectivity index (χ1) is 9.90. The third-order valence-corrected chi connectivity index (χ3v) is 3.86. The van der Waals surface area contributed by atoms with E-state index in [9.17, 15) is 9.18 Å². The van der Waals surface area contributed by atoms with E-state index in [4.69, 9.17) is 0 Å². The Morgan fingerprint density at radius 3 is 2.62 bits per heavy atom. The number of likely N-dealkylation sites (tertiary alicyclic amines) is 1. The van der Waals surface area contributed by atoms with Crippen molar-refractivity contribution < 1.29 is 9.18 Å². The van der Waals surface area contributed by atoms with Crippen LogP contribution in [-0.2, 0) is 0 Å². The predicted molar refractivity (Wildman–Crippen MR) is 79.9 cm³/mol. The number of rotatable bonds is 4. The van der Waals surface area contributed by atoms with Crippen molar-refractivity contribution in [3.05, 3.63) is 29.7 Å². The molecule has 1 aliphatic rings. The maximum absolute atomic E-state index is 14.0. The second-order valence-electron chi connectivity index (χ2n) is 5.86. The molecule has 1 aliphatic heterocycles. The van der Waals surface area contributed by atoms with E-state index in [1.165, 1.54) is 17.3 Å². The first-order valence-electron chi connectivity index (χ1n) is 7.21. The number of aromatic nitrogens is 2. The van der Waals surface area contributed by atoms with Crippen molar-refractivity contribution in [2.45, 2.75) is 25.8 Å². The summed E-state index contributed by atoms with van der Waals surface area (Å²) in [6.07, 6.45) is 4.59. The van der Waals surface area contributed by atoms with Crippen LogP contribution >= 0.6 is 0 Å². The summed E-state index contributed by atoms with van der Waals surface area (Å²) in [6.45, 7) is 3.82. The minimum Gasteiger partial charge on any atom is -0.381 e. The molecule has 0 unspecified atom stereocenters. The van der Waals surface area contributed by atoms with Crippen molar-refractivity contribution >= 4 is 5.78 Å². The Hall–Kier alpha value is -1.69. The highest BCUT2D eigenvalue weighted by molar-refractivity contribution is 6.05. The first-order valence-corrected chi connectivity index (χ1v) is 7.21. The molecule has 1 aromatic heterocycles. The fraction of sp³-hybridized carbons (Fsp3) is 0.600. The van der Waals surface area contributed by atoms with Gasteiger partial charge in [0.1, 0.15) is 11.5 Å². The summed E-state index contributed by atoms with van der Waals surface area (Å²) in [4.78, 5) is 20.3.